The van der Waals surface area contributed by atoms with Crippen molar-refractivity contribution in [2.24, 2.45) is 0 Å². The summed E-state index contributed by atoms with van der Waals surface area (Å²) in [5, 5.41) is 3.36. The number of esters is 1. The van der Waals surface area contributed by atoms with Crippen molar-refractivity contribution in [1.29, 1.82) is 0 Å². The van der Waals surface area contributed by atoms with Gasteiger partial charge in [-0.3, -0.25) is 0 Å². The van der Waals surface area contributed by atoms with Crippen LogP contribution in [0, 0.1) is 6.92 Å². The molecule has 1 aliphatic heterocycles. The molecule has 8 heteroatoms. The number of ether oxygens (including phenoxy) is 1. The molecule has 0 amide bonds. The number of carbonyl (C=O) groups is 1. The molecule has 1 heterocycles. The number of fused-ring (bicyclic) bond motifs is 1. The van der Waals surface area contributed by atoms with Gasteiger partial charge in [-0.1, -0.05) is 24.3 Å². The van der Waals surface area contributed by atoms with E-state index in [4.69, 9.17) is 0 Å². The van der Waals surface area contributed by atoms with Crippen LogP contribution >= 0.6 is 12.4 Å². The first-order valence-corrected chi connectivity index (χ1v) is 9.90. The highest BCUT2D eigenvalue weighted by atomic mass is 35.5. The smallest absolute Gasteiger partial charge is 0.337 e. The number of nitrogens with one attached hydrogen (secondary N) is 2. The summed E-state index contributed by atoms with van der Waals surface area (Å²) in [6, 6.07) is 12.4. The predicted octanol–water partition coefficient (Wildman–Crippen LogP) is 2.37. The topological polar surface area (TPSA) is 84.5 Å². The summed E-state index contributed by atoms with van der Waals surface area (Å²) in [6.45, 7) is 2.74. The van der Waals surface area contributed by atoms with Crippen LogP contribution in [0.25, 0.3) is 0 Å². The van der Waals surface area contributed by atoms with Crippen LogP contribution in [0.15, 0.2) is 47.4 Å². The van der Waals surface area contributed by atoms with E-state index in [0.29, 0.717) is 11.1 Å². The molecule has 0 saturated carbocycles. The molecule has 1 unspecified atom stereocenters. The number of methoxy groups -OCH3 is 1. The van der Waals surface area contributed by atoms with Gasteiger partial charge in [-0.2, -0.15) is 0 Å². The summed E-state index contributed by atoms with van der Waals surface area (Å²) in [5.74, 6) is -0.493. The first-order chi connectivity index (χ1) is 12.4. The van der Waals surface area contributed by atoms with Crippen molar-refractivity contribution in [3.8, 4) is 0 Å². The minimum atomic E-state index is -3.68. The van der Waals surface area contributed by atoms with Crippen LogP contribution in [-0.2, 0) is 21.2 Å². The van der Waals surface area contributed by atoms with Crippen LogP contribution in [0.5, 0.6) is 0 Å². The molecule has 146 valence electrons. The van der Waals surface area contributed by atoms with Gasteiger partial charge in [0.05, 0.1) is 17.6 Å². The zero-order valence-electron chi connectivity index (χ0n) is 15.2. The number of halogens is 1. The Morgan fingerprint density at radius 1 is 1.26 bits per heavy atom. The van der Waals surface area contributed by atoms with Crippen LogP contribution in [0.3, 0.4) is 0 Å². The molecular weight excluding hydrogens is 388 g/mol. The molecule has 3 rings (SSSR count). The fraction of sp³-hybridized carbons (Fsp3) is 0.316. The Bertz CT molecular complexity index is 931. The molecule has 6 nitrogen and oxygen atoms in total. The summed E-state index contributed by atoms with van der Waals surface area (Å²) in [7, 11) is -2.39. The van der Waals surface area contributed by atoms with Gasteiger partial charge in [0.25, 0.3) is 0 Å². The largest absolute Gasteiger partial charge is 0.465 e. The molecule has 0 spiro atoms. The van der Waals surface area contributed by atoms with Gasteiger partial charge in [0.15, 0.2) is 0 Å². The van der Waals surface area contributed by atoms with E-state index >= 15 is 0 Å². The van der Waals surface area contributed by atoms with E-state index in [0.717, 1.165) is 18.5 Å². The Balaban J connectivity index is 0.00000261. The van der Waals surface area contributed by atoms with E-state index in [1.54, 1.807) is 6.92 Å². The van der Waals surface area contributed by atoms with Gasteiger partial charge in [0, 0.05) is 12.6 Å². The lowest BCUT2D eigenvalue weighted by Gasteiger charge is -2.27. The highest BCUT2D eigenvalue weighted by molar-refractivity contribution is 7.89. The summed E-state index contributed by atoms with van der Waals surface area (Å²) in [4.78, 5) is 11.7. The third-order valence-electron chi connectivity index (χ3n) is 4.58. The molecule has 0 aromatic heterocycles. The molecule has 2 aromatic carbocycles. The molecular formula is C19H23ClN2O4S. The first-order valence-electron chi connectivity index (χ1n) is 8.42. The standard InChI is InChI=1S/C19H22N2O4S.ClH/c1-13-11-15(19(22)25-2)7-8-18(13)26(23,24)21-12-17-16-6-4-3-5-14(16)9-10-20-17;/h3-8,11,17,20-21H,9-10,12H2,1-2H3;1H. The van der Waals surface area contributed by atoms with Gasteiger partial charge < -0.3 is 10.1 Å². The Hall–Kier alpha value is -1.93. The molecule has 2 N–H and O–H groups in total. The van der Waals surface area contributed by atoms with E-state index in [1.807, 2.05) is 18.2 Å². The molecule has 0 aliphatic carbocycles. The minimum absolute atomic E-state index is 0. The normalized spacial score (nSPS) is 16.1. The Labute approximate surface area is 165 Å². The number of carbonyl (C=O) groups excluding carboxylic acids is 1. The summed E-state index contributed by atoms with van der Waals surface area (Å²) >= 11 is 0. The second-order valence-corrected chi connectivity index (χ2v) is 8.01. The van der Waals surface area contributed by atoms with Crippen molar-refractivity contribution < 1.29 is 17.9 Å². The Morgan fingerprint density at radius 2 is 2.00 bits per heavy atom. The fourth-order valence-electron chi connectivity index (χ4n) is 3.24. The average Bonchev–Trinajstić information content (AvgIpc) is 2.65. The van der Waals surface area contributed by atoms with E-state index in [1.165, 1.54) is 30.9 Å². The van der Waals surface area contributed by atoms with E-state index in [9.17, 15) is 13.2 Å². The van der Waals surface area contributed by atoms with Crippen molar-refractivity contribution in [2.45, 2.75) is 24.3 Å². The van der Waals surface area contributed by atoms with Crippen LogP contribution < -0.4 is 10.0 Å². The molecule has 0 radical (unpaired) electrons. The lowest BCUT2D eigenvalue weighted by Crippen LogP contribution is -2.39. The third-order valence-corrected chi connectivity index (χ3v) is 6.16. The SMILES string of the molecule is COC(=O)c1ccc(S(=O)(=O)NCC2NCCc3ccccc32)c(C)c1.Cl. The van der Waals surface area contributed by atoms with E-state index < -0.39 is 16.0 Å². The maximum absolute atomic E-state index is 12.7. The molecule has 2 aromatic rings. The summed E-state index contributed by atoms with van der Waals surface area (Å²) in [5.41, 5.74) is 3.19. The fourth-order valence-corrected chi connectivity index (χ4v) is 4.51. The quantitative estimate of drug-likeness (QED) is 0.739. The third kappa shape index (κ3) is 4.68. The zero-order chi connectivity index (χ0) is 18.7. The van der Waals surface area contributed by atoms with E-state index in [2.05, 4.69) is 20.8 Å². The van der Waals surface area contributed by atoms with Gasteiger partial charge in [-0.15, -0.1) is 12.4 Å². The van der Waals surface area contributed by atoms with Crippen LogP contribution in [0.4, 0.5) is 0 Å². The van der Waals surface area contributed by atoms with Gasteiger partial charge in [0.1, 0.15) is 0 Å². The second kappa shape index (κ2) is 8.84. The number of aryl methyl sites for hydroxylation is 1. The lowest BCUT2D eigenvalue weighted by molar-refractivity contribution is 0.0600. The predicted molar refractivity (Wildman–Crippen MR) is 106 cm³/mol. The number of rotatable bonds is 5. The van der Waals surface area contributed by atoms with Crippen LogP contribution in [-0.4, -0.2) is 34.6 Å². The van der Waals surface area contributed by atoms with E-state index in [-0.39, 0.29) is 29.9 Å². The minimum Gasteiger partial charge on any atom is -0.465 e. The zero-order valence-corrected chi connectivity index (χ0v) is 16.8. The maximum Gasteiger partial charge on any atom is 0.337 e. The average molecular weight is 411 g/mol. The molecule has 27 heavy (non-hydrogen) atoms. The summed E-state index contributed by atoms with van der Waals surface area (Å²) < 4.78 is 32.8. The van der Waals surface area contributed by atoms with Crippen LogP contribution in [0.2, 0.25) is 0 Å². The van der Waals surface area contributed by atoms with Crippen molar-refractivity contribution in [1.82, 2.24) is 10.0 Å². The van der Waals surface area contributed by atoms with Crippen molar-refractivity contribution in [2.75, 3.05) is 20.2 Å². The second-order valence-electron chi connectivity index (χ2n) is 6.28. The van der Waals surface area contributed by atoms with Gasteiger partial charge in [-0.25, -0.2) is 17.9 Å². The van der Waals surface area contributed by atoms with Crippen molar-refractivity contribution >= 4 is 28.4 Å². The molecule has 0 fully saturated rings. The number of hydrogen-bond donors (Lipinski definition) is 2. The Morgan fingerprint density at radius 3 is 2.70 bits per heavy atom. The molecule has 1 aliphatic rings. The highest BCUT2D eigenvalue weighted by Crippen LogP contribution is 2.23. The summed E-state index contributed by atoms with van der Waals surface area (Å²) in [6.07, 6.45) is 0.938. The number of benzene rings is 2. The van der Waals surface area contributed by atoms with Gasteiger partial charge >= 0.3 is 5.97 Å². The highest BCUT2D eigenvalue weighted by Gasteiger charge is 2.23. The van der Waals surface area contributed by atoms with Crippen molar-refractivity contribution in [3.05, 3.63) is 64.7 Å². The van der Waals surface area contributed by atoms with Crippen molar-refractivity contribution in [3.63, 3.8) is 0 Å². The maximum atomic E-state index is 12.7. The number of hydrogen-bond acceptors (Lipinski definition) is 5. The lowest BCUT2D eigenvalue weighted by atomic mass is 9.95. The Kier molecular flexibility index (Phi) is 7.00. The molecule has 0 saturated heterocycles. The molecule has 0 bridgehead atoms. The first kappa shape index (κ1) is 21.4. The monoisotopic (exact) mass is 410 g/mol. The molecule has 1 atom stereocenters. The van der Waals surface area contributed by atoms with Crippen LogP contribution in [0.1, 0.15) is 33.1 Å². The number of sulfonamides is 1. The van der Waals surface area contributed by atoms with Gasteiger partial charge in [-0.05, 0) is 54.8 Å². The van der Waals surface area contributed by atoms with Gasteiger partial charge in [0.2, 0.25) is 10.0 Å².